The third kappa shape index (κ3) is 4.44. The summed E-state index contributed by atoms with van der Waals surface area (Å²) in [6.07, 6.45) is 4.37. The van der Waals surface area contributed by atoms with Gasteiger partial charge in [-0.2, -0.15) is 0 Å². The first kappa shape index (κ1) is 14.8. The Labute approximate surface area is 116 Å². The number of nitrogens with two attached hydrogens (primary N) is 1. The standard InChI is InChI=1S/C14H28N4O/c1-14(13(15)19,16-12-4-5-12)6-9-18-8-3-7-17(2)10-11-18/h12,16H,3-11H2,1-2H3,(H2,15,19). The van der Waals surface area contributed by atoms with E-state index in [4.69, 9.17) is 5.73 Å². The average molecular weight is 268 g/mol. The highest BCUT2D eigenvalue weighted by atomic mass is 16.1. The molecule has 0 aromatic carbocycles. The van der Waals surface area contributed by atoms with Gasteiger partial charge in [-0.25, -0.2) is 0 Å². The van der Waals surface area contributed by atoms with Crippen LogP contribution < -0.4 is 11.1 Å². The van der Waals surface area contributed by atoms with Crippen molar-refractivity contribution in [1.29, 1.82) is 0 Å². The van der Waals surface area contributed by atoms with E-state index in [0.29, 0.717) is 6.04 Å². The molecule has 19 heavy (non-hydrogen) atoms. The zero-order chi connectivity index (χ0) is 13.9. The van der Waals surface area contributed by atoms with Gasteiger partial charge in [-0.3, -0.25) is 4.79 Å². The van der Waals surface area contributed by atoms with E-state index in [-0.39, 0.29) is 5.91 Å². The molecule has 0 aromatic heterocycles. The number of hydrogen-bond acceptors (Lipinski definition) is 4. The smallest absolute Gasteiger partial charge is 0.237 e. The lowest BCUT2D eigenvalue weighted by atomic mass is 9.96. The molecule has 2 fully saturated rings. The van der Waals surface area contributed by atoms with E-state index >= 15 is 0 Å². The fourth-order valence-corrected chi connectivity index (χ4v) is 2.65. The first-order valence-corrected chi connectivity index (χ1v) is 7.48. The van der Waals surface area contributed by atoms with Crippen LogP contribution in [0.3, 0.4) is 0 Å². The Morgan fingerprint density at radius 3 is 2.68 bits per heavy atom. The predicted molar refractivity (Wildman–Crippen MR) is 76.9 cm³/mol. The normalized spacial score (nSPS) is 25.8. The third-order valence-corrected chi connectivity index (χ3v) is 4.38. The number of rotatable bonds is 6. The maximum absolute atomic E-state index is 11.7. The Hall–Kier alpha value is -0.650. The summed E-state index contributed by atoms with van der Waals surface area (Å²) in [4.78, 5) is 16.5. The zero-order valence-electron chi connectivity index (χ0n) is 12.3. The second-order valence-electron chi connectivity index (χ2n) is 6.36. The Kier molecular flexibility index (Phi) is 4.81. The van der Waals surface area contributed by atoms with Gasteiger partial charge in [0.2, 0.25) is 5.91 Å². The number of amides is 1. The third-order valence-electron chi connectivity index (χ3n) is 4.38. The van der Waals surface area contributed by atoms with Gasteiger partial charge in [-0.15, -0.1) is 0 Å². The summed E-state index contributed by atoms with van der Waals surface area (Å²) < 4.78 is 0. The molecule has 0 aromatic rings. The largest absolute Gasteiger partial charge is 0.368 e. The van der Waals surface area contributed by atoms with Crippen LogP contribution in [0.4, 0.5) is 0 Å². The van der Waals surface area contributed by atoms with Crippen LogP contribution in [0.15, 0.2) is 0 Å². The van der Waals surface area contributed by atoms with Crippen molar-refractivity contribution in [3.63, 3.8) is 0 Å². The van der Waals surface area contributed by atoms with E-state index < -0.39 is 5.54 Å². The molecule has 1 amide bonds. The van der Waals surface area contributed by atoms with E-state index in [1.54, 1.807) is 0 Å². The van der Waals surface area contributed by atoms with E-state index in [9.17, 15) is 4.79 Å². The number of primary amides is 1. The SMILES string of the molecule is CN1CCCN(CCC(C)(NC2CC2)C(N)=O)CC1. The first-order chi connectivity index (χ1) is 8.99. The molecular weight excluding hydrogens is 240 g/mol. The summed E-state index contributed by atoms with van der Waals surface area (Å²) in [5.74, 6) is -0.216. The molecule has 1 unspecified atom stereocenters. The quantitative estimate of drug-likeness (QED) is 0.712. The lowest BCUT2D eigenvalue weighted by molar-refractivity contribution is -0.124. The number of carbonyl (C=O) groups excluding carboxylic acids is 1. The van der Waals surface area contributed by atoms with Crippen LogP contribution in [-0.4, -0.2) is 67.1 Å². The van der Waals surface area contributed by atoms with Gasteiger partial charge < -0.3 is 20.9 Å². The van der Waals surface area contributed by atoms with Crippen molar-refractivity contribution in [3.8, 4) is 0 Å². The maximum atomic E-state index is 11.7. The Morgan fingerprint density at radius 2 is 2.05 bits per heavy atom. The van der Waals surface area contributed by atoms with Crippen LogP contribution in [0.5, 0.6) is 0 Å². The monoisotopic (exact) mass is 268 g/mol. The van der Waals surface area contributed by atoms with Crippen molar-refractivity contribution in [2.75, 3.05) is 39.8 Å². The van der Waals surface area contributed by atoms with Gasteiger partial charge in [0.05, 0.1) is 5.54 Å². The maximum Gasteiger partial charge on any atom is 0.237 e. The molecule has 1 heterocycles. The van der Waals surface area contributed by atoms with E-state index in [2.05, 4.69) is 22.2 Å². The van der Waals surface area contributed by atoms with Gasteiger partial charge in [0, 0.05) is 25.7 Å². The van der Waals surface area contributed by atoms with Crippen molar-refractivity contribution >= 4 is 5.91 Å². The summed E-state index contributed by atoms with van der Waals surface area (Å²) >= 11 is 0. The van der Waals surface area contributed by atoms with Crippen molar-refractivity contribution in [1.82, 2.24) is 15.1 Å². The molecule has 2 aliphatic rings. The molecule has 1 saturated heterocycles. The fraction of sp³-hybridized carbons (Fsp3) is 0.929. The van der Waals surface area contributed by atoms with E-state index in [1.165, 1.54) is 25.8 Å². The van der Waals surface area contributed by atoms with Crippen LogP contribution in [0.1, 0.15) is 32.6 Å². The summed E-state index contributed by atoms with van der Waals surface area (Å²) in [5.41, 5.74) is 5.05. The summed E-state index contributed by atoms with van der Waals surface area (Å²) in [7, 11) is 2.17. The van der Waals surface area contributed by atoms with Crippen molar-refractivity contribution in [2.45, 2.75) is 44.2 Å². The fourth-order valence-electron chi connectivity index (χ4n) is 2.65. The number of nitrogens with zero attached hydrogens (tertiary/aromatic N) is 2. The van der Waals surface area contributed by atoms with Crippen molar-refractivity contribution in [2.24, 2.45) is 5.73 Å². The lowest BCUT2D eigenvalue weighted by Crippen LogP contribution is -2.55. The zero-order valence-corrected chi connectivity index (χ0v) is 12.3. The van der Waals surface area contributed by atoms with E-state index in [0.717, 1.165) is 32.6 Å². The number of carbonyl (C=O) groups is 1. The molecule has 1 saturated carbocycles. The Balaban J connectivity index is 1.82. The number of hydrogen-bond donors (Lipinski definition) is 2. The van der Waals surface area contributed by atoms with Crippen LogP contribution in [0.25, 0.3) is 0 Å². The lowest BCUT2D eigenvalue weighted by Gasteiger charge is -2.30. The number of likely N-dealkylation sites (N-methyl/N-ethyl adjacent to an activating group) is 1. The molecule has 5 heteroatoms. The Morgan fingerprint density at radius 1 is 1.32 bits per heavy atom. The highest BCUT2D eigenvalue weighted by Crippen LogP contribution is 2.24. The van der Waals surface area contributed by atoms with Gasteiger partial charge in [-0.05, 0) is 52.7 Å². The molecule has 1 atom stereocenters. The highest BCUT2D eigenvalue weighted by molar-refractivity contribution is 5.84. The summed E-state index contributed by atoms with van der Waals surface area (Å²) in [5, 5.41) is 3.42. The van der Waals surface area contributed by atoms with Gasteiger partial charge in [-0.1, -0.05) is 0 Å². The van der Waals surface area contributed by atoms with Crippen LogP contribution in [0.2, 0.25) is 0 Å². The molecule has 1 aliphatic heterocycles. The molecule has 3 N–H and O–H groups in total. The minimum atomic E-state index is -0.542. The molecule has 5 nitrogen and oxygen atoms in total. The molecular formula is C14H28N4O. The molecule has 2 rings (SSSR count). The first-order valence-electron chi connectivity index (χ1n) is 7.48. The molecule has 0 bridgehead atoms. The van der Waals surface area contributed by atoms with Crippen LogP contribution >= 0.6 is 0 Å². The van der Waals surface area contributed by atoms with Crippen molar-refractivity contribution < 1.29 is 4.79 Å². The van der Waals surface area contributed by atoms with Crippen LogP contribution in [0, 0.1) is 0 Å². The molecule has 0 radical (unpaired) electrons. The minimum Gasteiger partial charge on any atom is -0.368 e. The summed E-state index contributed by atoms with van der Waals surface area (Å²) in [6, 6.07) is 0.507. The second-order valence-corrected chi connectivity index (χ2v) is 6.36. The minimum absolute atomic E-state index is 0.216. The van der Waals surface area contributed by atoms with Gasteiger partial charge in [0.25, 0.3) is 0 Å². The molecule has 1 aliphatic carbocycles. The highest BCUT2D eigenvalue weighted by Gasteiger charge is 2.37. The predicted octanol–water partition coefficient (Wildman–Crippen LogP) is 0.0100. The second kappa shape index (κ2) is 6.20. The molecule has 110 valence electrons. The molecule has 0 spiro atoms. The van der Waals surface area contributed by atoms with Gasteiger partial charge >= 0.3 is 0 Å². The summed E-state index contributed by atoms with van der Waals surface area (Å²) in [6.45, 7) is 7.41. The van der Waals surface area contributed by atoms with E-state index in [1.807, 2.05) is 6.92 Å². The average Bonchev–Trinajstić information content (AvgIpc) is 3.16. The van der Waals surface area contributed by atoms with Crippen molar-refractivity contribution in [3.05, 3.63) is 0 Å². The van der Waals surface area contributed by atoms with Gasteiger partial charge in [0.15, 0.2) is 0 Å². The van der Waals surface area contributed by atoms with Crippen LogP contribution in [-0.2, 0) is 4.79 Å². The topological polar surface area (TPSA) is 61.6 Å². The Bertz CT molecular complexity index is 319. The number of nitrogens with one attached hydrogen (secondary N) is 1. The van der Waals surface area contributed by atoms with Gasteiger partial charge in [0.1, 0.15) is 0 Å².